The molecule has 0 aromatic rings. The third kappa shape index (κ3) is 5.18. The van der Waals surface area contributed by atoms with Gasteiger partial charge in [-0.1, -0.05) is 44.3 Å². The van der Waals surface area contributed by atoms with Gasteiger partial charge in [0.05, 0.1) is 13.2 Å². The van der Waals surface area contributed by atoms with E-state index in [1.807, 2.05) is 6.08 Å². The maximum atomic E-state index is 12.1. The highest BCUT2D eigenvalue weighted by atomic mass is 16.6. The normalized spacial score (nSPS) is 16.9. The van der Waals surface area contributed by atoms with Gasteiger partial charge in [0.2, 0.25) is 0 Å². The summed E-state index contributed by atoms with van der Waals surface area (Å²) in [5, 5.41) is 0. The Morgan fingerprint density at radius 1 is 1.05 bits per heavy atom. The Balaban J connectivity index is 2.70. The highest BCUT2D eigenvalue weighted by Crippen LogP contribution is 2.28. The molecule has 0 unspecified atom stereocenters. The van der Waals surface area contributed by atoms with Gasteiger partial charge in [-0.2, -0.15) is 0 Å². The summed E-state index contributed by atoms with van der Waals surface area (Å²) in [7, 11) is 0. The smallest absolute Gasteiger partial charge is 0.327 e. The topological polar surface area (TPSA) is 52.6 Å². The van der Waals surface area contributed by atoms with E-state index < -0.39 is 17.4 Å². The maximum absolute atomic E-state index is 12.1. The second-order valence-corrected chi connectivity index (χ2v) is 5.79. The van der Waals surface area contributed by atoms with E-state index in [1.165, 1.54) is 32.1 Å². The van der Waals surface area contributed by atoms with Crippen molar-refractivity contribution in [2.24, 2.45) is 11.3 Å². The van der Waals surface area contributed by atoms with Gasteiger partial charge in [-0.3, -0.25) is 9.59 Å². The molecule has 0 aromatic heterocycles. The molecule has 0 heterocycles. The fraction of sp³-hybridized carbons (Fsp3) is 0.765. The summed E-state index contributed by atoms with van der Waals surface area (Å²) < 4.78 is 10.1. The summed E-state index contributed by atoms with van der Waals surface area (Å²) in [5.41, 5.74) is -1.33. The standard InChI is InChI=1S/C17H28O4/c1-4-20-15(18)17(3,16(19)21-5-2)13-9-12-14-10-7-6-8-11-14/h9,13-14H,4-8,10-12H2,1-3H3/b13-9+. The van der Waals surface area contributed by atoms with E-state index in [-0.39, 0.29) is 13.2 Å². The number of esters is 2. The summed E-state index contributed by atoms with van der Waals surface area (Å²) in [6.07, 6.45) is 10.9. The summed E-state index contributed by atoms with van der Waals surface area (Å²) in [6, 6.07) is 0. The highest BCUT2D eigenvalue weighted by Gasteiger charge is 2.41. The van der Waals surface area contributed by atoms with Gasteiger partial charge in [-0.05, 0) is 33.1 Å². The summed E-state index contributed by atoms with van der Waals surface area (Å²) in [4.78, 5) is 24.2. The lowest BCUT2D eigenvalue weighted by Gasteiger charge is -2.23. The molecule has 1 rings (SSSR count). The van der Waals surface area contributed by atoms with E-state index in [2.05, 4.69) is 0 Å². The predicted molar refractivity (Wildman–Crippen MR) is 81.7 cm³/mol. The van der Waals surface area contributed by atoms with Gasteiger partial charge in [-0.15, -0.1) is 0 Å². The fourth-order valence-corrected chi connectivity index (χ4v) is 2.70. The highest BCUT2D eigenvalue weighted by molar-refractivity contribution is 6.01. The van der Waals surface area contributed by atoms with Crippen LogP contribution in [-0.2, 0) is 19.1 Å². The van der Waals surface area contributed by atoms with Crippen LogP contribution in [0.3, 0.4) is 0 Å². The van der Waals surface area contributed by atoms with Crippen LogP contribution in [0.25, 0.3) is 0 Å². The first-order valence-corrected chi connectivity index (χ1v) is 8.06. The monoisotopic (exact) mass is 296 g/mol. The first-order valence-electron chi connectivity index (χ1n) is 8.06. The molecule has 21 heavy (non-hydrogen) atoms. The van der Waals surface area contributed by atoms with E-state index in [9.17, 15) is 9.59 Å². The number of carbonyl (C=O) groups is 2. The van der Waals surface area contributed by atoms with Crippen LogP contribution in [0.5, 0.6) is 0 Å². The van der Waals surface area contributed by atoms with Gasteiger partial charge in [0.1, 0.15) is 0 Å². The molecule has 0 radical (unpaired) electrons. The van der Waals surface area contributed by atoms with E-state index in [0.717, 1.165) is 6.42 Å². The molecule has 1 saturated carbocycles. The van der Waals surface area contributed by atoms with Crippen molar-refractivity contribution in [2.45, 2.75) is 59.3 Å². The van der Waals surface area contributed by atoms with Crippen LogP contribution in [0.4, 0.5) is 0 Å². The zero-order valence-electron chi connectivity index (χ0n) is 13.5. The first kappa shape index (κ1) is 17.7. The molecule has 1 aliphatic carbocycles. The van der Waals surface area contributed by atoms with Crippen molar-refractivity contribution in [3.05, 3.63) is 12.2 Å². The van der Waals surface area contributed by atoms with Crippen LogP contribution < -0.4 is 0 Å². The Bertz CT molecular complexity index is 349. The van der Waals surface area contributed by atoms with Crippen LogP contribution in [0.1, 0.15) is 59.3 Å². The van der Waals surface area contributed by atoms with E-state index >= 15 is 0 Å². The van der Waals surface area contributed by atoms with Crippen molar-refractivity contribution in [2.75, 3.05) is 13.2 Å². The van der Waals surface area contributed by atoms with E-state index in [1.54, 1.807) is 26.8 Å². The van der Waals surface area contributed by atoms with E-state index in [4.69, 9.17) is 9.47 Å². The number of carbonyl (C=O) groups excluding carboxylic acids is 2. The number of hydrogen-bond donors (Lipinski definition) is 0. The molecule has 1 aliphatic rings. The number of hydrogen-bond acceptors (Lipinski definition) is 4. The summed E-state index contributed by atoms with van der Waals surface area (Å²) >= 11 is 0. The zero-order chi connectivity index (χ0) is 15.7. The molecular formula is C17H28O4. The Morgan fingerprint density at radius 3 is 2.05 bits per heavy atom. The molecule has 0 saturated heterocycles. The minimum Gasteiger partial charge on any atom is -0.465 e. The lowest BCUT2D eigenvalue weighted by atomic mass is 9.85. The minimum atomic E-state index is -1.33. The van der Waals surface area contributed by atoms with E-state index in [0.29, 0.717) is 5.92 Å². The van der Waals surface area contributed by atoms with Crippen LogP contribution in [0.15, 0.2) is 12.2 Å². The quantitative estimate of drug-likeness (QED) is 0.409. The van der Waals surface area contributed by atoms with Crippen LogP contribution in [0, 0.1) is 11.3 Å². The van der Waals surface area contributed by atoms with Gasteiger partial charge in [0.25, 0.3) is 0 Å². The van der Waals surface area contributed by atoms with Crippen molar-refractivity contribution in [1.82, 2.24) is 0 Å². The Labute approximate surface area is 127 Å². The molecule has 0 atom stereocenters. The van der Waals surface area contributed by atoms with Gasteiger partial charge < -0.3 is 9.47 Å². The van der Waals surface area contributed by atoms with Crippen LogP contribution >= 0.6 is 0 Å². The maximum Gasteiger partial charge on any atom is 0.327 e. The molecule has 0 N–H and O–H groups in total. The minimum absolute atomic E-state index is 0.254. The largest absolute Gasteiger partial charge is 0.465 e. The Kier molecular flexibility index (Phi) is 7.48. The third-order valence-corrected chi connectivity index (χ3v) is 4.04. The second-order valence-electron chi connectivity index (χ2n) is 5.79. The average molecular weight is 296 g/mol. The molecule has 0 bridgehead atoms. The summed E-state index contributed by atoms with van der Waals surface area (Å²) in [5.74, 6) is -0.407. The predicted octanol–water partition coefficient (Wildman–Crippen LogP) is 3.65. The lowest BCUT2D eigenvalue weighted by Crippen LogP contribution is -2.37. The van der Waals surface area contributed by atoms with Crippen molar-refractivity contribution in [1.29, 1.82) is 0 Å². The molecule has 4 nitrogen and oxygen atoms in total. The second kappa shape index (κ2) is 8.85. The van der Waals surface area contributed by atoms with Crippen LogP contribution in [0.2, 0.25) is 0 Å². The van der Waals surface area contributed by atoms with Crippen molar-refractivity contribution < 1.29 is 19.1 Å². The van der Waals surface area contributed by atoms with Gasteiger partial charge in [-0.25, -0.2) is 0 Å². The van der Waals surface area contributed by atoms with Gasteiger partial charge in [0, 0.05) is 0 Å². The van der Waals surface area contributed by atoms with Crippen molar-refractivity contribution in [3.63, 3.8) is 0 Å². The van der Waals surface area contributed by atoms with Gasteiger partial charge in [0.15, 0.2) is 5.41 Å². The Morgan fingerprint density at radius 2 is 1.57 bits per heavy atom. The first-order chi connectivity index (χ1) is 10.0. The molecular weight excluding hydrogens is 268 g/mol. The zero-order valence-corrected chi connectivity index (χ0v) is 13.5. The molecule has 4 heteroatoms. The SMILES string of the molecule is CCOC(=O)C(C)(/C=C/CC1CCCCC1)C(=O)OCC. The Hall–Kier alpha value is -1.32. The number of ether oxygens (including phenoxy) is 2. The number of allylic oxidation sites excluding steroid dienone is 1. The molecule has 0 amide bonds. The third-order valence-electron chi connectivity index (χ3n) is 4.04. The lowest BCUT2D eigenvalue weighted by molar-refractivity contribution is -0.166. The van der Waals surface area contributed by atoms with Crippen molar-refractivity contribution >= 4 is 11.9 Å². The number of rotatable bonds is 7. The molecule has 0 aromatic carbocycles. The average Bonchev–Trinajstić information content (AvgIpc) is 2.48. The van der Waals surface area contributed by atoms with Crippen molar-refractivity contribution in [3.8, 4) is 0 Å². The fourth-order valence-electron chi connectivity index (χ4n) is 2.70. The van der Waals surface area contributed by atoms with Crippen LogP contribution in [-0.4, -0.2) is 25.2 Å². The molecule has 0 aliphatic heterocycles. The molecule has 120 valence electrons. The summed E-state index contributed by atoms with van der Waals surface area (Å²) in [6.45, 7) is 5.54. The molecule has 0 spiro atoms. The molecule has 1 fully saturated rings. The van der Waals surface area contributed by atoms with Gasteiger partial charge >= 0.3 is 11.9 Å².